The average molecular weight is 272 g/mol. The summed E-state index contributed by atoms with van der Waals surface area (Å²) in [4.78, 5) is 0.304. The third-order valence-corrected chi connectivity index (χ3v) is 3.90. The second-order valence-corrected chi connectivity index (χ2v) is 6.02. The summed E-state index contributed by atoms with van der Waals surface area (Å²) in [5, 5.41) is 0. The van der Waals surface area contributed by atoms with Gasteiger partial charge in [-0.05, 0) is 38.8 Å². The zero-order valence-electron chi connectivity index (χ0n) is 11.3. The van der Waals surface area contributed by atoms with Crippen molar-refractivity contribution in [1.82, 2.24) is 4.72 Å². The quantitative estimate of drug-likeness (QED) is 0.631. The van der Waals surface area contributed by atoms with Gasteiger partial charge in [0.15, 0.2) is 0 Å². The molecule has 0 saturated heterocycles. The largest absolute Gasteiger partial charge is 0.330 e. The van der Waals surface area contributed by atoms with Crippen LogP contribution in [0.1, 0.15) is 33.1 Å². The summed E-state index contributed by atoms with van der Waals surface area (Å²) in [5.74, 6) is 0. The summed E-state index contributed by atoms with van der Waals surface area (Å²) in [7, 11) is -3.33. The Hall–Kier alpha value is -0.910. The number of hydrogen-bond acceptors (Lipinski definition) is 3. The van der Waals surface area contributed by atoms with E-state index in [0.717, 1.165) is 24.8 Å². The first kappa shape index (κ1) is 17.1. The van der Waals surface area contributed by atoms with Crippen LogP contribution in [0.15, 0.2) is 35.3 Å². The van der Waals surface area contributed by atoms with E-state index < -0.39 is 10.0 Å². The number of nitrogens with two attached hydrogens (primary N) is 1. The molecular weight excluding hydrogens is 248 g/mol. The van der Waals surface area contributed by atoms with Crippen LogP contribution in [-0.4, -0.2) is 21.5 Å². The summed E-state index contributed by atoms with van der Waals surface area (Å²) in [5.41, 5.74) is 6.34. The van der Waals surface area contributed by atoms with Crippen LogP contribution in [0.4, 0.5) is 0 Å². The lowest BCUT2D eigenvalue weighted by Gasteiger charge is -2.04. The summed E-state index contributed by atoms with van der Waals surface area (Å²) in [6.07, 6.45) is 7.60. The molecule has 104 valence electrons. The molecule has 0 aromatic carbocycles. The van der Waals surface area contributed by atoms with Crippen LogP contribution in [0, 0.1) is 0 Å². The molecule has 0 saturated carbocycles. The zero-order valence-corrected chi connectivity index (χ0v) is 12.1. The SMILES string of the molecule is C=C(C=CC=C(C)S(=O)(=O)NCCC)CCCN. The highest BCUT2D eigenvalue weighted by Gasteiger charge is 2.10. The molecule has 0 atom stereocenters. The van der Waals surface area contributed by atoms with Gasteiger partial charge >= 0.3 is 0 Å². The van der Waals surface area contributed by atoms with Crippen molar-refractivity contribution in [3.63, 3.8) is 0 Å². The van der Waals surface area contributed by atoms with Gasteiger partial charge in [0.05, 0.1) is 4.91 Å². The molecular formula is C13H24N2O2S. The van der Waals surface area contributed by atoms with E-state index in [1.807, 2.05) is 13.0 Å². The summed E-state index contributed by atoms with van der Waals surface area (Å²) < 4.78 is 25.9. The number of allylic oxidation sites excluding steroid dienone is 5. The van der Waals surface area contributed by atoms with Crippen LogP contribution >= 0.6 is 0 Å². The molecule has 0 bridgehead atoms. The van der Waals surface area contributed by atoms with E-state index in [4.69, 9.17) is 5.73 Å². The Labute approximate surface area is 111 Å². The maximum Gasteiger partial charge on any atom is 0.236 e. The van der Waals surface area contributed by atoms with Gasteiger partial charge < -0.3 is 5.73 Å². The number of nitrogens with one attached hydrogen (secondary N) is 1. The summed E-state index contributed by atoms with van der Waals surface area (Å²) in [6, 6.07) is 0. The molecule has 0 heterocycles. The fourth-order valence-electron chi connectivity index (χ4n) is 1.17. The first-order valence-electron chi connectivity index (χ1n) is 6.16. The van der Waals surface area contributed by atoms with Crippen molar-refractivity contribution in [3.8, 4) is 0 Å². The number of rotatable bonds is 9. The molecule has 0 aliphatic heterocycles. The molecule has 18 heavy (non-hydrogen) atoms. The molecule has 0 aliphatic carbocycles. The van der Waals surface area contributed by atoms with E-state index in [2.05, 4.69) is 11.3 Å². The first-order chi connectivity index (χ1) is 8.44. The summed E-state index contributed by atoms with van der Waals surface area (Å²) in [6.45, 7) is 8.45. The molecule has 0 rings (SSSR count). The molecule has 0 spiro atoms. The molecule has 0 aromatic heterocycles. The first-order valence-corrected chi connectivity index (χ1v) is 7.64. The Bertz CT molecular complexity index is 409. The molecule has 4 nitrogen and oxygen atoms in total. The predicted molar refractivity (Wildman–Crippen MR) is 77.5 cm³/mol. The van der Waals surface area contributed by atoms with Gasteiger partial charge in [0, 0.05) is 6.54 Å². The second-order valence-electron chi connectivity index (χ2n) is 4.08. The highest BCUT2D eigenvalue weighted by atomic mass is 32.2. The van der Waals surface area contributed by atoms with E-state index in [-0.39, 0.29) is 0 Å². The van der Waals surface area contributed by atoms with Gasteiger partial charge in [0.25, 0.3) is 0 Å². The van der Waals surface area contributed by atoms with Crippen LogP contribution in [0.25, 0.3) is 0 Å². The van der Waals surface area contributed by atoms with E-state index in [9.17, 15) is 8.42 Å². The van der Waals surface area contributed by atoms with Crippen molar-refractivity contribution >= 4 is 10.0 Å². The van der Waals surface area contributed by atoms with Crippen molar-refractivity contribution in [2.24, 2.45) is 5.73 Å². The van der Waals surface area contributed by atoms with Crippen LogP contribution in [-0.2, 0) is 10.0 Å². The normalized spacial score (nSPS) is 13.2. The van der Waals surface area contributed by atoms with Crippen molar-refractivity contribution in [2.45, 2.75) is 33.1 Å². The average Bonchev–Trinajstić information content (AvgIpc) is 2.33. The van der Waals surface area contributed by atoms with E-state index in [0.29, 0.717) is 18.0 Å². The highest BCUT2D eigenvalue weighted by Crippen LogP contribution is 2.06. The van der Waals surface area contributed by atoms with Crippen molar-refractivity contribution in [3.05, 3.63) is 35.3 Å². The van der Waals surface area contributed by atoms with E-state index in [1.54, 1.807) is 19.1 Å². The van der Waals surface area contributed by atoms with Gasteiger partial charge in [-0.25, -0.2) is 13.1 Å². The third-order valence-electron chi connectivity index (χ3n) is 2.33. The monoisotopic (exact) mass is 272 g/mol. The molecule has 5 heteroatoms. The lowest BCUT2D eigenvalue weighted by Crippen LogP contribution is -2.24. The Morgan fingerprint density at radius 2 is 2.11 bits per heavy atom. The fraction of sp³-hybridized carbons (Fsp3) is 0.538. The lowest BCUT2D eigenvalue weighted by molar-refractivity contribution is 0.587. The standard InChI is InChI=1S/C13H24N2O2S/c1-4-11-15-18(16,17)13(3)9-5-7-12(2)8-6-10-14/h5,7,9,15H,2,4,6,8,10-11,14H2,1,3H3. The van der Waals surface area contributed by atoms with Crippen molar-refractivity contribution < 1.29 is 8.42 Å². The number of sulfonamides is 1. The van der Waals surface area contributed by atoms with Crippen LogP contribution in [0.3, 0.4) is 0 Å². The van der Waals surface area contributed by atoms with Gasteiger partial charge in [-0.2, -0.15) is 0 Å². The summed E-state index contributed by atoms with van der Waals surface area (Å²) >= 11 is 0. The Morgan fingerprint density at radius 1 is 1.44 bits per heavy atom. The van der Waals surface area contributed by atoms with Gasteiger partial charge in [-0.3, -0.25) is 0 Å². The molecule has 0 radical (unpaired) electrons. The minimum atomic E-state index is -3.33. The van der Waals surface area contributed by atoms with Gasteiger partial charge in [-0.15, -0.1) is 0 Å². The van der Waals surface area contributed by atoms with Crippen molar-refractivity contribution in [2.75, 3.05) is 13.1 Å². The topological polar surface area (TPSA) is 72.2 Å². The van der Waals surface area contributed by atoms with Crippen LogP contribution < -0.4 is 10.5 Å². The maximum absolute atomic E-state index is 11.7. The maximum atomic E-state index is 11.7. The molecule has 0 unspecified atom stereocenters. The van der Waals surface area contributed by atoms with Gasteiger partial charge in [-0.1, -0.05) is 31.2 Å². The molecule has 0 amide bonds. The van der Waals surface area contributed by atoms with Gasteiger partial charge in [0.1, 0.15) is 0 Å². The minimum absolute atomic E-state index is 0.304. The van der Waals surface area contributed by atoms with E-state index in [1.165, 1.54) is 0 Å². The predicted octanol–water partition coefficient (Wildman–Crippen LogP) is 2.07. The second kappa shape index (κ2) is 9.08. The highest BCUT2D eigenvalue weighted by molar-refractivity contribution is 7.93. The Kier molecular flexibility index (Phi) is 8.62. The van der Waals surface area contributed by atoms with Crippen molar-refractivity contribution in [1.29, 1.82) is 0 Å². The van der Waals surface area contributed by atoms with Gasteiger partial charge in [0.2, 0.25) is 10.0 Å². The Balaban J connectivity index is 4.42. The lowest BCUT2D eigenvalue weighted by atomic mass is 10.1. The molecule has 0 fully saturated rings. The van der Waals surface area contributed by atoms with Crippen LogP contribution in [0.2, 0.25) is 0 Å². The minimum Gasteiger partial charge on any atom is -0.330 e. The smallest absolute Gasteiger partial charge is 0.236 e. The molecule has 0 aliphatic rings. The molecule has 3 N–H and O–H groups in total. The molecule has 0 aromatic rings. The van der Waals surface area contributed by atoms with Crippen LogP contribution in [0.5, 0.6) is 0 Å². The zero-order chi connectivity index (χ0) is 14.0. The number of hydrogen-bond donors (Lipinski definition) is 2. The Morgan fingerprint density at radius 3 is 2.67 bits per heavy atom. The third kappa shape index (κ3) is 7.42. The fourth-order valence-corrected chi connectivity index (χ4v) is 2.13. The van der Waals surface area contributed by atoms with E-state index >= 15 is 0 Å².